The van der Waals surface area contributed by atoms with E-state index in [1.807, 2.05) is 0 Å². The van der Waals surface area contributed by atoms with Crippen LogP contribution in [0, 0.1) is 11.6 Å². The Hall–Kier alpha value is -1.51. The van der Waals surface area contributed by atoms with E-state index in [4.69, 9.17) is 5.11 Å². The number of halogens is 3. The third-order valence-corrected chi connectivity index (χ3v) is 5.17. The first-order chi connectivity index (χ1) is 10.4. The molecular weight excluding hydrogens is 380 g/mol. The van der Waals surface area contributed by atoms with Gasteiger partial charge in [0.2, 0.25) is 0 Å². The van der Waals surface area contributed by atoms with Gasteiger partial charge in [-0.25, -0.2) is 17.2 Å². The van der Waals surface area contributed by atoms with Crippen LogP contribution in [0.15, 0.2) is 51.8 Å². The zero-order valence-electron chi connectivity index (χ0n) is 11.2. The predicted octanol–water partition coefficient (Wildman–Crippen LogP) is 2.91. The third-order valence-electron chi connectivity index (χ3n) is 2.87. The summed E-state index contributed by atoms with van der Waals surface area (Å²) in [4.78, 5) is -0.0703. The number of nitrogens with zero attached hydrogens (tertiary/aromatic N) is 1. The number of sulfonamides is 1. The van der Waals surface area contributed by atoms with Crippen molar-refractivity contribution in [2.45, 2.75) is 4.90 Å². The molecule has 2 aromatic carbocycles. The minimum absolute atomic E-state index is 0.0703. The van der Waals surface area contributed by atoms with Crippen LogP contribution in [0.4, 0.5) is 14.5 Å². The number of aliphatic hydroxyl groups is 1. The minimum Gasteiger partial charge on any atom is -0.394 e. The van der Waals surface area contributed by atoms with Crippen molar-refractivity contribution >= 4 is 31.6 Å². The van der Waals surface area contributed by atoms with Crippen molar-refractivity contribution in [3.8, 4) is 0 Å². The zero-order valence-corrected chi connectivity index (χ0v) is 13.6. The summed E-state index contributed by atoms with van der Waals surface area (Å²) >= 11 is 3.17. The number of hydrogen-bond acceptors (Lipinski definition) is 3. The first-order valence-corrected chi connectivity index (χ1v) is 8.44. The molecule has 0 saturated heterocycles. The van der Waals surface area contributed by atoms with E-state index in [0.29, 0.717) is 14.8 Å². The molecule has 0 unspecified atom stereocenters. The van der Waals surface area contributed by atoms with E-state index in [2.05, 4.69) is 15.9 Å². The predicted molar refractivity (Wildman–Crippen MR) is 82.1 cm³/mol. The van der Waals surface area contributed by atoms with Gasteiger partial charge < -0.3 is 5.11 Å². The van der Waals surface area contributed by atoms with E-state index in [9.17, 15) is 17.2 Å². The van der Waals surface area contributed by atoms with Crippen molar-refractivity contribution in [1.29, 1.82) is 0 Å². The molecule has 0 atom stereocenters. The van der Waals surface area contributed by atoms with E-state index in [0.717, 1.165) is 12.1 Å². The normalized spacial score (nSPS) is 11.5. The molecule has 1 N–H and O–H groups in total. The monoisotopic (exact) mass is 391 g/mol. The molecule has 0 aliphatic carbocycles. The average molecular weight is 392 g/mol. The second-order valence-electron chi connectivity index (χ2n) is 4.35. The van der Waals surface area contributed by atoms with Crippen LogP contribution in [0.2, 0.25) is 0 Å². The molecule has 0 bridgehead atoms. The van der Waals surface area contributed by atoms with Crippen LogP contribution < -0.4 is 4.31 Å². The summed E-state index contributed by atoms with van der Waals surface area (Å²) in [5, 5.41) is 9.10. The smallest absolute Gasteiger partial charge is 0.264 e. The first-order valence-electron chi connectivity index (χ1n) is 6.20. The molecule has 8 heteroatoms. The van der Waals surface area contributed by atoms with Gasteiger partial charge in [-0.15, -0.1) is 0 Å². The molecule has 0 heterocycles. The highest BCUT2D eigenvalue weighted by Gasteiger charge is 2.27. The molecule has 0 aliphatic heterocycles. The number of anilines is 1. The van der Waals surface area contributed by atoms with E-state index in [1.165, 1.54) is 18.2 Å². The van der Waals surface area contributed by atoms with Gasteiger partial charge in [-0.05, 0) is 30.3 Å². The quantitative estimate of drug-likeness (QED) is 0.852. The Morgan fingerprint density at radius 3 is 2.45 bits per heavy atom. The summed E-state index contributed by atoms with van der Waals surface area (Å²) in [6.07, 6.45) is 0. The van der Waals surface area contributed by atoms with Crippen molar-refractivity contribution in [1.82, 2.24) is 0 Å². The second kappa shape index (κ2) is 6.72. The highest BCUT2D eigenvalue weighted by atomic mass is 79.9. The lowest BCUT2D eigenvalue weighted by atomic mass is 10.3. The van der Waals surface area contributed by atoms with Crippen molar-refractivity contribution in [2.24, 2.45) is 0 Å². The molecule has 0 radical (unpaired) electrons. The van der Waals surface area contributed by atoms with Crippen LogP contribution in [0.25, 0.3) is 0 Å². The van der Waals surface area contributed by atoms with Gasteiger partial charge in [0.15, 0.2) is 0 Å². The molecule has 0 spiro atoms. The maximum absolute atomic E-state index is 13.9. The van der Waals surface area contributed by atoms with Crippen molar-refractivity contribution in [2.75, 3.05) is 17.5 Å². The maximum Gasteiger partial charge on any atom is 0.264 e. The van der Waals surface area contributed by atoms with Gasteiger partial charge in [0.1, 0.15) is 11.6 Å². The lowest BCUT2D eigenvalue weighted by molar-refractivity contribution is 0.306. The SMILES string of the molecule is O=S(=O)(c1cccc(Br)c1)N(CCO)c1ccc(F)cc1F. The number of aliphatic hydroxyl groups excluding tert-OH is 1. The molecule has 0 saturated carbocycles. The van der Waals surface area contributed by atoms with Gasteiger partial charge in [0.25, 0.3) is 10.0 Å². The molecule has 0 amide bonds. The highest BCUT2D eigenvalue weighted by Crippen LogP contribution is 2.27. The fraction of sp³-hybridized carbons (Fsp3) is 0.143. The van der Waals surface area contributed by atoms with E-state index < -0.39 is 28.3 Å². The van der Waals surface area contributed by atoms with Gasteiger partial charge in [-0.3, -0.25) is 4.31 Å². The second-order valence-corrected chi connectivity index (χ2v) is 7.13. The van der Waals surface area contributed by atoms with E-state index in [-0.39, 0.29) is 17.1 Å². The van der Waals surface area contributed by atoms with Crippen molar-refractivity contribution in [3.63, 3.8) is 0 Å². The van der Waals surface area contributed by atoms with Gasteiger partial charge in [-0.2, -0.15) is 0 Å². The fourth-order valence-electron chi connectivity index (χ4n) is 1.90. The summed E-state index contributed by atoms with van der Waals surface area (Å²) in [7, 11) is -4.09. The van der Waals surface area contributed by atoms with Gasteiger partial charge >= 0.3 is 0 Å². The molecule has 118 valence electrons. The van der Waals surface area contributed by atoms with Gasteiger partial charge in [-0.1, -0.05) is 22.0 Å². The Labute approximate surface area is 135 Å². The number of benzene rings is 2. The number of rotatable bonds is 5. The topological polar surface area (TPSA) is 57.6 Å². The Balaban J connectivity index is 2.55. The maximum atomic E-state index is 13.9. The Morgan fingerprint density at radius 2 is 1.86 bits per heavy atom. The van der Waals surface area contributed by atoms with E-state index >= 15 is 0 Å². The lowest BCUT2D eigenvalue weighted by Crippen LogP contribution is -2.34. The Bertz CT molecular complexity index is 783. The molecule has 0 fully saturated rings. The third kappa shape index (κ3) is 3.45. The van der Waals surface area contributed by atoms with Crippen LogP contribution >= 0.6 is 15.9 Å². The van der Waals surface area contributed by atoms with Crippen LogP contribution in [0.5, 0.6) is 0 Å². The zero-order chi connectivity index (χ0) is 16.3. The van der Waals surface area contributed by atoms with Gasteiger partial charge in [0, 0.05) is 10.5 Å². The standard InChI is InChI=1S/C14H12BrF2NO3S/c15-10-2-1-3-12(8-10)22(20,21)18(6-7-19)14-5-4-11(16)9-13(14)17/h1-5,8-9,19H,6-7H2. The van der Waals surface area contributed by atoms with Crippen LogP contribution in [-0.2, 0) is 10.0 Å². The molecular formula is C14H12BrF2NO3S. The van der Waals surface area contributed by atoms with Crippen molar-refractivity contribution < 1.29 is 22.3 Å². The Kier molecular flexibility index (Phi) is 5.15. The summed E-state index contributed by atoms with van der Waals surface area (Å²) in [6, 6.07) is 8.46. The molecule has 0 aromatic heterocycles. The van der Waals surface area contributed by atoms with Crippen LogP contribution in [0.1, 0.15) is 0 Å². The number of hydrogen-bond donors (Lipinski definition) is 1. The minimum atomic E-state index is -4.09. The Morgan fingerprint density at radius 1 is 1.14 bits per heavy atom. The summed E-state index contributed by atoms with van der Waals surface area (Å²) in [5.41, 5.74) is -0.324. The summed E-state index contributed by atoms with van der Waals surface area (Å²) in [5.74, 6) is -1.84. The summed E-state index contributed by atoms with van der Waals surface area (Å²) < 4.78 is 53.5. The van der Waals surface area contributed by atoms with Crippen LogP contribution in [-0.4, -0.2) is 26.7 Å². The van der Waals surface area contributed by atoms with Gasteiger partial charge in [0.05, 0.1) is 23.7 Å². The van der Waals surface area contributed by atoms with Crippen molar-refractivity contribution in [3.05, 3.63) is 58.6 Å². The molecule has 22 heavy (non-hydrogen) atoms. The molecule has 2 aromatic rings. The largest absolute Gasteiger partial charge is 0.394 e. The molecule has 0 aliphatic rings. The molecule has 2 rings (SSSR count). The molecule has 4 nitrogen and oxygen atoms in total. The fourth-order valence-corrected chi connectivity index (χ4v) is 3.96. The first kappa shape index (κ1) is 16.9. The summed E-state index contributed by atoms with van der Waals surface area (Å²) in [6.45, 7) is -0.860. The lowest BCUT2D eigenvalue weighted by Gasteiger charge is -2.24. The van der Waals surface area contributed by atoms with E-state index in [1.54, 1.807) is 6.07 Å². The highest BCUT2D eigenvalue weighted by molar-refractivity contribution is 9.10. The average Bonchev–Trinajstić information content (AvgIpc) is 2.45. The van der Waals surface area contributed by atoms with Crippen LogP contribution in [0.3, 0.4) is 0 Å².